The Balaban J connectivity index is 2.40. The van der Waals surface area contributed by atoms with E-state index >= 15 is 0 Å². The van der Waals surface area contributed by atoms with Gasteiger partial charge in [0.1, 0.15) is 6.04 Å². The van der Waals surface area contributed by atoms with Crippen molar-refractivity contribution >= 4 is 33.4 Å². The summed E-state index contributed by atoms with van der Waals surface area (Å²) < 4.78 is 25.0. The first-order valence-electron chi connectivity index (χ1n) is 6.98. The van der Waals surface area contributed by atoms with Gasteiger partial charge in [0.2, 0.25) is 0 Å². The van der Waals surface area contributed by atoms with Crippen LogP contribution in [0, 0.1) is 0 Å². The van der Waals surface area contributed by atoms with Gasteiger partial charge in [0.05, 0.1) is 10.6 Å². The van der Waals surface area contributed by atoms with E-state index in [-0.39, 0.29) is 16.2 Å². The van der Waals surface area contributed by atoms with Crippen LogP contribution in [0.1, 0.15) is 37.8 Å². The summed E-state index contributed by atoms with van der Waals surface area (Å²) in [5, 5.41) is 4.80. The van der Waals surface area contributed by atoms with Crippen LogP contribution in [0.5, 0.6) is 0 Å². The molecule has 1 aliphatic heterocycles. The molecule has 1 unspecified atom stereocenters. The number of halogens is 1. The smallest absolute Gasteiger partial charge is 0.322 e. The molecule has 1 heterocycles. The lowest BCUT2D eigenvalue weighted by Gasteiger charge is -2.14. The van der Waals surface area contributed by atoms with Gasteiger partial charge in [0.25, 0.3) is 5.91 Å². The number of imide groups is 1. The monoisotopic (exact) mass is 344 g/mol. The molecule has 0 aliphatic carbocycles. The van der Waals surface area contributed by atoms with Crippen LogP contribution in [0.2, 0.25) is 5.02 Å². The number of benzene rings is 1. The van der Waals surface area contributed by atoms with E-state index in [0.29, 0.717) is 11.4 Å². The Morgan fingerprint density at radius 3 is 2.55 bits per heavy atom. The predicted octanol–water partition coefficient (Wildman–Crippen LogP) is 2.18. The number of urea groups is 1. The molecule has 3 amide bonds. The quantitative estimate of drug-likeness (QED) is 0.611. The zero-order valence-electron chi connectivity index (χ0n) is 12.1. The first kappa shape index (κ1) is 16.8. The predicted molar refractivity (Wildman–Crippen MR) is 82.4 cm³/mol. The van der Waals surface area contributed by atoms with E-state index in [1.54, 1.807) is 0 Å². The summed E-state index contributed by atoms with van der Waals surface area (Å²) in [4.78, 5) is 23.1. The molecule has 1 atom stereocenters. The number of hydrogen-bond donors (Lipinski definition) is 2. The average Bonchev–Trinajstić information content (AvgIpc) is 2.77. The molecule has 0 aromatic heterocycles. The molecule has 22 heavy (non-hydrogen) atoms. The fourth-order valence-electron chi connectivity index (χ4n) is 2.32. The zero-order chi connectivity index (χ0) is 16.3. The lowest BCUT2D eigenvalue weighted by Crippen LogP contribution is -2.23. The Morgan fingerprint density at radius 1 is 1.23 bits per heavy atom. The van der Waals surface area contributed by atoms with Gasteiger partial charge in [-0.1, -0.05) is 31.4 Å². The minimum absolute atomic E-state index is 0.00222. The van der Waals surface area contributed by atoms with Gasteiger partial charge >= 0.3 is 6.03 Å². The molecule has 6 nitrogen and oxygen atoms in total. The second-order valence-electron chi connectivity index (χ2n) is 5.10. The van der Waals surface area contributed by atoms with Gasteiger partial charge in [-0.3, -0.25) is 10.1 Å². The maximum atomic E-state index is 12.5. The first-order chi connectivity index (χ1) is 10.3. The van der Waals surface area contributed by atoms with E-state index < -0.39 is 27.8 Å². The molecule has 1 saturated heterocycles. The van der Waals surface area contributed by atoms with E-state index in [1.165, 1.54) is 18.2 Å². The van der Waals surface area contributed by atoms with Gasteiger partial charge in [0, 0.05) is 10.6 Å². The molecular weight excluding hydrogens is 328 g/mol. The Hall–Kier alpha value is -1.60. The number of unbranched alkanes of at least 4 members (excludes halogenated alkanes) is 2. The van der Waals surface area contributed by atoms with Gasteiger partial charge in [0.15, 0.2) is 9.84 Å². The molecule has 2 N–H and O–H groups in total. The van der Waals surface area contributed by atoms with Gasteiger partial charge in [-0.25, -0.2) is 13.2 Å². The molecule has 0 radical (unpaired) electrons. The van der Waals surface area contributed by atoms with Crippen LogP contribution in [-0.4, -0.2) is 26.1 Å². The van der Waals surface area contributed by atoms with Crippen LogP contribution in [0.3, 0.4) is 0 Å². The maximum Gasteiger partial charge on any atom is 0.322 e. The van der Waals surface area contributed by atoms with E-state index in [0.717, 1.165) is 12.8 Å². The standard InChI is InChI=1S/C14H17ClN2O4S/c1-2-3-4-7-22(20,21)11-6-5-9(15)8-10(11)12-13(18)17-14(19)16-12/h5-6,8,12H,2-4,7H2,1H3,(H2,16,17,18,19). The summed E-state index contributed by atoms with van der Waals surface area (Å²) in [6.45, 7) is 1.98. The third-order valence-electron chi connectivity index (χ3n) is 3.41. The summed E-state index contributed by atoms with van der Waals surface area (Å²) in [7, 11) is -3.55. The number of nitrogens with one attached hydrogen (secondary N) is 2. The Bertz CT molecular complexity index is 703. The molecule has 1 aromatic rings. The highest BCUT2D eigenvalue weighted by Crippen LogP contribution is 2.29. The van der Waals surface area contributed by atoms with Crippen LogP contribution in [0.25, 0.3) is 0 Å². The molecule has 0 bridgehead atoms. The zero-order valence-corrected chi connectivity index (χ0v) is 13.6. The summed E-state index contributed by atoms with van der Waals surface area (Å²) in [6, 6.07) is 2.57. The van der Waals surface area contributed by atoms with Crippen molar-refractivity contribution in [2.45, 2.75) is 37.1 Å². The second kappa shape index (κ2) is 6.66. The van der Waals surface area contributed by atoms with E-state index in [9.17, 15) is 18.0 Å². The van der Waals surface area contributed by atoms with E-state index in [4.69, 9.17) is 11.6 Å². The number of carbonyl (C=O) groups excluding carboxylic acids is 2. The SMILES string of the molecule is CCCCCS(=O)(=O)c1ccc(Cl)cc1C1NC(=O)NC1=O. The number of amides is 3. The van der Waals surface area contributed by atoms with Crippen molar-refractivity contribution in [3.8, 4) is 0 Å². The number of carbonyl (C=O) groups is 2. The van der Waals surface area contributed by atoms with Crippen LogP contribution in [-0.2, 0) is 14.6 Å². The molecule has 0 saturated carbocycles. The van der Waals surface area contributed by atoms with Crippen LogP contribution in [0.4, 0.5) is 4.79 Å². The van der Waals surface area contributed by atoms with Crippen molar-refractivity contribution in [3.63, 3.8) is 0 Å². The third-order valence-corrected chi connectivity index (χ3v) is 5.51. The van der Waals surface area contributed by atoms with Gasteiger partial charge in [-0.15, -0.1) is 0 Å². The highest BCUT2D eigenvalue weighted by atomic mass is 35.5. The highest BCUT2D eigenvalue weighted by Gasteiger charge is 2.35. The minimum atomic E-state index is -3.55. The number of sulfone groups is 1. The summed E-state index contributed by atoms with van der Waals surface area (Å²) in [5.41, 5.74) is 0.201. The van der Waals surface area contributed by atoms with E-state index in [2.05, 4.69) is 10.6 Å². The normalized spacial score (nSPS) is 18.2. The van der Waals surface area contributed by atoms with Crippen molar-refractivity contribution in [1.82, 2.24) is 10.6 Å². The van der Waals surface area contributed by atoms with E-state index in [1.807, 2.05) is 6.92 Å². The number of rotatable bonds is 6. The lowest BCUT2D eigenvalue weighted by atomic mass is 10.1. The average molecular weight is 345 g/mol. The fraction of sp³-hybridized carbons (Fsp3) is 0.429. The highest BCUT2D eigenvalue weighted by molar-refractivity contribution is 7.91. The molecule has 1 aliphatic rings. The van der Waals surface area contributed by atoms with Crippen LogP contribution < -0.4 is 10.6 Å². The van der Waals surface area contributed by atoms with Crippen molar-refractivity contribution in [1.29, 1.82) is 0 Å². The molecule has 120 valence electrons. The van der Waals surface area contributed by atoms with Crippen molar-refractivity contribution in [3.05, 3.63) is 28.8 Å². The molecule has 2 rings (SSSR count). The summed E-state index contributed by atoms with van der Waals surface area (Å²) >= 11 is 5.92. The first-order valence-corrected chi connectivity index (χ1v) is 9.01. The summed E-state index contributed by atoms with van der Waals surface area (Å²) in [5.74, 6) is -0.588. The lowest BCUT2D eigenvalue weighted by molar-refractivity contribution is -0.120. The van der Waals surface area contributed by atoms with Gasteiger partial charge in [-0.05, 0) is 24.6 Å². The topological polar surface area (TPSA) is 92.3 Å². The third kappa shape index (κ3) is 3.59. The fourth-order valence-corrected chi connectivity index (χ4v) is 4.11. The van der Waals surface area contributed by atoms with Gasteiger partial charge in [-0.2, -0.15) is 0 Å². The van der Waals surface area contributed by atoms with Crippen molar-refractivity contribution < 1.29 is 18.0 Å². The summed E-state index contributed by atoms with van der Waals surface area (Å²) in [6.07, 6.45) is 2.26. The Kier molecular flexibility index (Phi) is 5.08. The Morgan fingerprint density at radius 2 is 1.95 bits per heavy atom. The van der Waals surface area contributed by atoms with Crippen molar-refractivity contribution in [2.24, 2.45) is 0 Å². The molecule has 8 heteroatoms. The molecule has 1 fully saturated rings. The van der Waals surface area contributed by atoms with Crippen LogP contribution in [0.15, 0.2) is 23.1 Å². The largest absolute Gasteiger partial charge is 0.322 e. The van der Waals surface area contributed by atoms with Crippen LogP contribution >= 0.6 is 11.6 Å². The number of hydrogen-bond acceptors (Lipinski definition) is 4. The maximum absolute atomic E-state index is 12.5. The van der Waals surface area contributed by atoms with Crippen molar-refractivity contribution in [2.75, 3.05) is 5.75 Å². The molecular formula is C14H17ClN2O4S. The Labute approximate surface area is 134 Å². The minimum Gasteiger partial charge on any atom is -0.322 e. The second-order valence-corrected chi connectivity index (χ2v) is 7.62. The molecule has 0 spiro atoms. The van der Waals surface area contributed by atoms with Gasteiger partial charge < -0.3 is 5.32 Å². The molecule has 1 aromatic carbocycles.